The molecular weight excluding hydrogens is 427 g/mol. The van der Waals surface area contributed by atoms with Gasteiger partial charge in [-0.3, -0.25) is 9.59 Å². The minimum atomic E-state index is -0.450. The van der Waals surface area contributed by atoms with Gasteiger partial charge in [0.2, 0.25) is 0 Å². The molecule has 0 spiro atoms. The van der Waals surface area contributed by atoms with Crippen LogP contribution in [-0.2, 0) is 0 Å². The van der Waals surface area contributed by atoms with Gasteiger partial charge < -0.3 is 20.1 Å². The van der Waals surface area contributed by atoms with Crippen LogP contribution in [0.3, 0.4) is 0 Å². The third kappa shape index (κ3) is 6.28. The van der Waals surface area contributed by atoms with Crippen LogP contribution in [0.15, 0.2) is 30.3 Å². The largest absolute Gasteiger partial charge is 0.493 e. The van der Waals surface area contributed by atoms with Crippen molar-refractivity contribution in [3.8, 4) is 11.5 Å². The number of nitrogens with one attached hydrogen (secondary N) is 2. The molecule has 0 saturated heterocycles. The Hall–Kier alpha value is -2.44. The van der Waals surface area contributed by atoms with Gasteiger partial charge in [-0.05, 0) is 50.1 Å². The van der Waals surface area contributed by atoms with E-state index in [1.54, 1.807) is 18.2 Å². The number of carbonyl (C=O) groups is 2. The zero-order chi connectivity index (χ0) is 22.4. The van der Waals surface area contributed by atoms with Gasteiger partial charge >= 0.3 is 0 Å². The fourth-order valence-electron chi connectivity index (χ4n) is 2.54. The van der Waals surface area contributed by atoms with Crippen molar-refractivity contribution in [2.45, 2.75) is 33.7 Å². The summed E-state index contributed by atoms with van der Waals surface area (Å²) in [6.07, 6.45) is 0. The van der Waals surface area contributed by atoms with Crippen molar-refractivity contribution in [1.82, 2.24) is 5.32 Å². The molecule has 0 fully saturated rings. The lowest BCUT2D eigenvalue weighted by Crippen LogP contribution is -2.30. The first kappa shape index (κ1) is 23.8. The van der Waals surface area contributed by atoms with Gasteiger partial charge in [-0.15, -0.1) is 0 Å². The molecule has 2 aromatic carbocycles. The maximum Gasteiger partial charge on any atom is 0.255 e. The zero-order valence-electron chi connectivity index (χ0n) is 17.6. The molecule has 0 aromatic heterocycles. The molecule has 0 heterocycles. The average molecular weight is 453 g/mol. The van der Waals surface area contributed by atoms with Gasteiger partial charge in [-0.2, -0.15) is 0 Å². The van der Waals surface area contributed by atoms with E-state index in [1.165, 1.54) is 19.2 Å². The first-order chi connectivity index (χ1) is 14.1. The molecule has 8 heteroatoms. The topological polar surface area (TPSA) is 76.7 Å². The Morgan fingerprint density at radius 3 is 2.27 bits per heavy atom. The van der Waals surface area contributed by atoms with Gasteiger partial charge in [0.25, 0.3) is 11.8 Å². The summed E-state index contributed by atoms with van der Waals surface area (Å²) in [7, 11) is 1.48. The Kier molecular flexibility index (Phi) is 8.38. The van der Waals surface area contributed by atoms with Gasteiger partial charge in [-0.25, -0.2) is 0 Å². The van der Waals surface area contributed by atoms with Crippen LogP contribution < -0.4 is 20.1 Å². The molecule has 162 valence electrons. The lowest BCUT2D eigenvalue weighted by atomic mass is 10.1. The van der Waals surface area contributed by atoms with Crippen molar-refractivity contribution in [2.75, 3.05) is 19.0 Å². The van der Waals surface area contributed by atoms with Gasteiger partial charge in [-0.1, -0.05) is 37.0 Å². The lowest BCUT2D eigenvalue weighted by molar-refractivity contribution is 0.0941. The quantitative estimate of drug-likeness (QED) is 0.559. The highest BCUT2D eigenvalue weighted by Crippen LogP contribution is 2.37. The van der Waals surface area contributed by atoms with Gasteiger partial charge in [0.05, 0.1) is 29.4 Å². The maximum atomic E-state index is 12.8. The summed E-state index contributed by atoms with van der Waals surface area (Å²) < 4.78 is 11.1. The fourth-order valence-corrected chi connectivity index (χ4v) is 2.97. The molecule has 2 aromatic rings. The van der Waals surface area contributed by atoms with Crippen LogP contribution >= 0.6 is 23.2 Å². The molecule has 0 unspecified atom stereocenters. The molecule has 0 radical (unpaired) electrons. The Morgan fingerprint density at radius 1 is 0.967 bits per heavy atom. The van der Waals surface area contributed by atoms with Crippen molar-refractivity contribution in [2.24, 2.45) is 5.92 Å². The highest BCUT2D eigenvalue weighted by atomic mass is 35.5. The van der Waals surface area contributed by atoms with E-state index < -0.39 is 5.91 Å². The molecule has 0 bridgehead atoms. The van der Waals surface area contributed by atoms with E-state index in [4.69, 9.17) is 32.7 Å². The van der Waals surface area contributed by atoms with E-state index >= 15 is 0 Å². The van der Waals surface area contributed by atoms with Crippen molar-refractivity contribution < 1.29 is 19.1 Å². The van der Waals surface area contributed by atoms with E-state index in [0.717, 1.165) is 0 Å². The van der Waals surface area contributed by atoms with Crippen molar-refractivity contribution >= 4 is 40.7 Å². The van der Waals surface area contributed by atoms with Crippen LogP contribution in [0.2, 0.25) is 10.0 Å². The second-order valence-corrected chi connectivity index (χ2v) is 8.29. The Balaban J connectivity index is 2.27. The standard InChI is InChI=1S/C22H26Cl2N2O4/c1-12(2)11-30-20-17(24)8-15(10-19(20)29-5)22(28)26-18-9-14(6-7-16(18)23)21(27)25-13(3)4/h6-10,12-13H,11H2,1-5H3,(H,25,27)(H,26,28). The van der Waals surface area contributed by atoms with Crippen LogP contribution in [0.1, 0.15) is 48.4 Å². The van der Waals surface area contributed by atoms with Gasteiger partial charge in [0.15, 0.2) is 11.5 Å². The Morgan fingerprint density at radius 2 is 1.67 bits per heavy atom. The molecule has 0 aliphatic heterocycles. The maximum absolute atomic E-state index is 12.8. The number of anilines is 1. The normalized spacial score (nSPS) is 10.8. The van der Waals surface area contributed by atoms with E-state index in [2.05, 4.69) is 10.6 Å². The number of ether oxygens (including phenoxy) is 2. The summed E-state index contributed by atoms with van der Waals surface area (Å²) in [5, 5.41) is 6.08. The SMILES string of the molecule is COc1cc(C(=O)Nc2cc(C(=O)NC(C)C)ccc2Cl)cc(Cl)c1OCC(C)C. The number of halogens is 2. The fraction of sp³-hybridized carbons (Fsp3) is 0.364. The van der Waals surface area contributed by atoms with Gasteiger partial charge in [0, 0.05) is 17.2 Å². The number of amides is 2. The lowest BCUT2D eigenvalue weighted by Gasteiger charge is -2.16. The van der Waals surface area contributed by atoms with Crippen molar-refractivity contribution in [1.29, 1.82) is 0 Å². The smallest absolute Gasteiger partial charge is 0.255 e. The summed E-state index contributed by atoms with van der Waals surface area (Å²) >= 11 is 12.5. The van der Waals surface area contributed by atoms with Crippen LogP contribution in [0, 0.1) is 5.92 Å². The summed E-state index contributed by atoms with van der Waals surface area (Å²) in [5.41, 5.74) is 0.964. The highest BCUT2D eigenvalue weighted by molar-refractivity contribution is 6.34. The predicted molar refractivity (Wildman–Crippen MR) is 120 cm³/mol. The highest BCUT2D eigenvalue weighted by Gasteiger charge is 2.18. The second kappa shape index (κ2) is 10.5. The van der Waals surface area contributed by atoms with Crippen LogP contribution in [-0.4, -0.2) is 31.6 Å². The molecule has 0 atom stereocenters. The summed E-state index contributed by atoms with van der Waals surface area (Å²) in [4.78, 5) is 25.0. The number of carbonyl (C=O) groups excluding carboxylic acids is 2. The van der Waals surface area contributed by atoms with E-state index in [9.17, 15) is 9.59 Å². The first-order valence-electron chi connectivity index (χ1n) is 9.54. The molecule has 2 N–H and O–H groups in total. The molecule has 0 aliphatic rings. The predicted octanol–water partition coefficient (Wildman–Crippen LogP) is 5.43. The second-order valence-electron chi connectivity index (χ2n) is 7.47. The monoisotopic (exact) mass is 452 g/mol. The summed E-state index contributed by atoms with van der Waals surface area (Å²) in [6.45, 7) is 8.22. The third-order valence-corrected chi connectivity index (χ3v) is 4.56. The molecular formula is C22H26Cl2N2O4. The van der Waals surface area contributed by atoms with E-state index in [1.807, 2.05) is 27.7 Å². The van der Waals surface area contributed by atoms with E-state index in [0.29, 0.717) is 40.3 Å². The van der Waals surface area contributed by atoms with Crippen LogP contribution in [0.5, 0.6) is 11.5 Å². The Labute approximate surface area is 186 Å². The summed E-state index contributed by atoms with van der Waals surface area (Å²) in [5.74, 6) is 0.331. The average Bonchev–Trinajstić information content (AvgIpc) is 2.67. The minimum absolute atomic E-state index is 0.0164. The van der Waals surface area contributed by atoms with Crippen molar-refractivity contribution in [3.63, 3.8) is 0 Å². The molecule has 0 aliphatic carbocycles. The minimum Gasteiger partial charge on any atom is -0.493 e. The number of hydrogen-bond donors (Lipinski definition) is 2. The Bertz CT molecular complexity index is 930. The number of hydrogen-bond acceptors (Lipinski definition) is 4. The molecule has 2 rings (SSSR count). The third-order valence-electron chi connectivity index (χ3n) is 3.95. The first-order valence-corrected chi connectivity index (χ1v) is 10.3. The van der Waals surface area contributed by atoms with Gasteiger partial charge in [0.1, 0.15) is 0 Å². The van der Waals surface area contributed by atoms with E-state index in [-0.39, 0.29) is 22.5 Å². The zero-order valence-corrected chi connectivity index (χ0v) is 19.1. The number of methoxy groups -OCH3 is 1. The number of benzene rings is 2. The van der Waals surface area contributed by atoms with Crippen molar-refractivity contribution in [3.05, 3.63) is 51.5 Å². The van der Waals surface area contributed by atoms with Crippen LogP contribution in [0.4, 0.5) is 5.69 Å². The number of rotatable bonds is 8. The summed E-state index contributed by atoms with van der Waals surface area (Å²) in [6, 6.07) is 7.70. The molecule has 6 nitrogen and oxygen atoms in total. The molecule has 0 saturated carbocycles. The molecule has 30 heavy (non-hydrogen) atoms. The molecule has 2 amide bonds. The van der Waals surface area contributed by atoms with Crippen LogP contribution in [0.25, 0.3) is 0 Å².